The van der Waals surface area contributed by atoms with Crippen molar-refractivity contribution in [3.8, 4) is 0 Å². The lowest BCUT2D eigenvalue weighted by atomic mass is 10.1. The molecule has 0 saturated carbocycles. The third-order valence-electron chi connectivity index (χ3n) is 3.60. The first-order valence-corrected chi connectivity index (χ1v) is 7.16. The predicted octanol–water partition coefficient (Wildman–Crippen LogP) is 0.898. The minimum Gasteiger partial charge on any atom is -0.395 e. The fraction of sp³-hybridized carbons (Fsp3) is 0.714. The number of nitrogens with one attached hydrogen (secondary N) is 1. The summed E-state index contributed by atoms with van der Waals surface area (Å²) in [5.41, 5.74) is 1.11. The predicted molar refractivity (Wildman–Crippen MR) is 76.5 cm³/mol. The summed E-state index contributed by atoms with van der Waals surface area (Å²) in [6.07, 6.45) is 3.15. The van der Waals surface area contributed by atoms with E-state index in [0.29, 0.717) is 12.6 Å². The van der Waals surface area contributed by atoms with Gasteiger partial charge in [0.1, 0.15) is 11.6 Å². The van der Waals surface area contributed by atoms with Gasteiger partial charge in [-0.15, -0.1) is 0 Å². The third-order valence-corrected chi connectivity index (χ3v) is 3.60. The molecule has 1 aliphatic heterocycles. The number of piperidine rings is 1. The molecule has 5 nitrogen and oxygen atoms in total. The van der Waals surface area contributed by atoms with Crippen molar-refractivity contribution < 1.29 is 5.11 Å². The Hall–Kier alpha value is -1.20. The van der Waals surface area contributed by atoms with Gasteiger partial charge >= 0.3 is 0 Å². The average molecular weight is 264 g/mol. The van der Waals surface area contributed by atoms with Crippen LogP contribution < -0.4 is 10.2 Å². The van der Waals surface area contributed by atoms with Crippen molar-refractivity contribution >= 4 is 5.82 Å². The Bertz CT molecular complexity index is 402. The van der Waals surface area contributed by atoms with Gasteiger partial charge in [0.2, 0.25) is 0 Å². The molecular weight excluding hydrogens is 240 g/mol. The molecule has 0 amide bonds. The maximum absolute atomic E-state index is 8.83. The van der Waals surface area contributed by atoms with Gasteiger partial charge in [0.15, 0.2) is 0 Å². The minimum absolute atomic E-state index is 0.213. The molecule has 0 unspecified atom stereocenters. The molecule has 0 aromatic carbocycles. The standard InChI is InChI=1S/C14H24N4O/c1-3-12-10-14(17-11(2)16-12)18-7-4-13(5-8-18)15-6-9-19/h10,13,15,19H,3-9H2,1-2H3. The smallest absolute Gasteiger partial charge is 0.132 e. The summed E-state index contributed by atoms with van der Waals surface area (Å²) in [5, 5.41) is 12.2. The molecule has 5 heteroatoms. The van der Waals surface area contributed by atoms with Crippen LogP contribution in [0.25, 0.3) is 0 Å². The van der Waals surface area contributed by atoms with E-state index in [0.717, 1.165) is 49.7 Å². The zero-order chi connectivity index (χ0) is 13.7. The largest absolute Gasteiger partial charge is 0.395 e. The second-order valence-electron chi connectivity index (χ2n) is 5.06. The van der Waals surface area contributed by atoms with Crippen molar-refractivity contribution in [2.24, 2.45) is 0 Å². The first-order valence-electron chi connectivity index (χ1n) is 7.16. The van der Waals surface area contributed by atoms with E-state index in [-0.39, 0.29) is 6.61 Å². The Morgan fingerprint density at radius 1 is 1.37 bits per heavy atom. The third kappa shape index (κ3) is 3.88. The number of aromatic nitrogens is 2. The van der Waals surface area contributed by atoms with Crippen LogP contribution in [0.3, 0.4) is 0 Å². The minimum atomic E-state index is 0.213. The van der Waals surface area contributed by atoms with Gasteiger partial charge in [-0.05, 0) is 26.2 Å². The van der Waals surface area contributed by atoms with E-state index in [2.05, 4.69) is 33.2 Å². The first kappa shape index (κ1) is 14.2. The molecule has 1 aliphatic rings. The molecular formula is C14H24N4O. The molecule has 1 aromatic rings. The summed E-state index contributed by atoms with van der Waals surface area (Å²) >= 11 is 0. The Labute approximate surface area is 115 Å². The van der Waals surface area contributed by atoms with Gasteiger partial charge in [0, 0.05) is 37.4 Å². The quantitative estimate of drug-likeness (QED) is 0.827. The van der Waals surface area contributed by atoms with Crippen LogP contribution in [-0.4, -0.2) is 47.4 Å². The number of aliphatic hydroxyl groups is 1. The van der Waals surface area contributed by atoms with Gasteiger partial charge in [0.05, 0.1) is 6.61 Å². The SMILES string of the molecule is CCc1cc(N2CCC(NCCO)CC2)nc(C)n1. The summed E-state index contributed by atoms with van der Waals surface area (Å²) in [6.45, 7) is 7.02. The molecule has 106 valence electrons. The van der Waals surface area contributed by atoms with E-state index in [1.165, 1.54) is 0 Å². The Kier molecular flexibility index (Phi) is 5.10. The lowest BCUT2D eigenvalue weighted by Crippen LogP contribution is -2.43. The number of rotatable bonds is 5. The summed E-state index contributed by atoms with van der Waals surface area (Å²) < 4.78 is 0. The molecule has 1 fully saturated rings. The van der Waals surface area contributed by atoms with Crippen molar-refractivity contribution in [3.63, 3.8) is 0 Å². The number of nitrogens with zero attached hydrogens (tertiary/aromatic N) is 3. The van der Waals surface area contributed by atoms with Crippen LogP contribution >= 0.6 is 0 Å². The van der Waals surface area contributed by atoms with Crippen molar-refractivity contribution in [2.75, 3.05) is 31.1 Å². The number of aryl methyl sites for hydroxylation is 2. The molecule has 0 bridgehead atoms. The molecule has 0 radical (unpaired) electrons. The maximum atomic E-state index is 8.83. The summed E-state index contributed by atoms with van der Waals surface area (Å²) in [4.78, 5) is 11.3. The van der Waals surface area contributed by atoms with Crippen molar-refractivity contribution in [3.05, 3.63) is 17.6 Å². The normalized spacial score (nSPS) is 16.9. The second kappa shape index (κ2) is 6.82. The molecule has 2 rings (SSSR count). The van der Waals surface area contributed by atoms with Gasteiger partial charge in [-0.25, -0.2) is 9.97 Å². The molecule has 2 N–H and O–H groups in total. The molecule has 0 spiro atoms. The highest BCUT2D eigenvalue weighted by Gasteiger charge is 2.20. The van der Waals surface area contributed by atoms with Crippen LogP contribution in [0.4, 0.5) is 5.82 Å². The monoisotopic (exact) mass is 264 g/mol. The highest BCUT2D eigenvalue weighted by molar-refractivity contribution is 5.40. The van der Waals surface area contributed by atoms with E-state index in [1.54, 1.807) is 0 Å². The summed E-state index contributed by atoms with van der Waals surface area (Å²) in [6, 6.07) is 2.63. The summed E-state index contributed by atoms with van der Waals surface area (Å²) in [7, 11) is 0. The lowest BCUT2D eigenvalue weighted by Gasteiger charge is -2.33. The maximum Gasteiger partial charge on any atom is 0.132 e. The number of hydrogen-bond acceptors (Lipinski definition) is 5. The Morgan fingerprint density at radius 3 is 2.74 bits per heavy atom. The van der Waals surface area contributed by atoms with Gasteiger partial charge in [-0.1, -0.05) is 6.92 Å². The highest BCUT2D eigenvalue weighted by atomic mass is 16.3. The highest BCUT2D eigenvalue weighted by Crippen LogP contribution is 2.19. The van der Waals surface area contributed by atoms with Crippen molar-refractivity contribution in [1.29, 1.82) is 0 Å². The number of hydrogen-bond donors (Lipinski definition) is 2. The van der Waals surface area contributed by atoms with E-state index in [1.807, 2.05) is 6.92 Å². The number of aliphatic hydroxyl groups excluding tert-OH is 1. The van der Waals surface area contributed by atoms with Crippen LogP contribution in [0, 0.1) is 6.92 Å². The van der Waals surface area contributed by atoms with Gasteiger partial charge < -0.3 is 15.3 Å². The molecule has 2 heterocycles. The van der Waals surface area contributed by atoms with E-state index >= 15 is 0 Å². The van der Waals surface area contributed by atoms with Crippen LogP contribution in [0.15, 0.2) is 6.07 Å². The Balaban J connectivity index is 1.95. The van der Waals surface area contributed by atoms with Crippen LogP contribution in [0.2, 0.25) is 0 Å². The van der Waals surface area contributed by atoms with Crippen molar-refractivity contribution in [1.82, 2.24) is 15.3 Å². The van der Waals surface area contributed by atoms with Gasteiger partial charge in [-0.2, -0.15) is 0 Å². The zero-order valence-corrected chi connectivity index (χ0v) is 11.9. The average Bonchev–Trinajstić information content (AvgIpc) is 2.45. The molecule has 1 saturated heterocycles. The van der Waals surface area contributed by atoms with Crippen LogP contribution in [0.5, 0.6) is 0 Å². The molecule has 19 heavy (non-hydrogen) atoms. The van der Waals surface area contributed by atoms with E-state index in [9.17, 15) is 0 Å². The van der Waals surface area contributed by atoms with E-state index < -0.39 is 0 Å². The number of anilines is 1. The van der Waals surface area contributed by atoms with Crippen LogP contribution in [0.1, 0.15) is 31.3 Å². The van der Waals surface area contributed by atoms with Crippen LogP contribution in [-0.2, 0) is 6.42 Å². The fourth-order valence-corrected chi connectivity index (χ4v) is 2.54. The van der Waals surface area contributed by atoms with Gasteiger partial charge in [0.25, 0.3) is 0 Å². The molecule has 0 aliphatic carbocycles. The topological polar surface area (TPSA) is 61.3 Å². The fourth-order valence-electron chi connectivity index (χ4n) is 2.54. The Morgan fingerprint density at radius 2 is 2.11 bits per heavy atom. The second-order valence-corrected chi connectivity index (χ2v) is 5.06. The van der Waals surface area contributed by atoms with Crippen molar-refractivity contribution in [2.45, 2.75) is 39.2 Å². The zero-order valence-electron chi connectivity index (χ0n) is 11.9. The molecule has 0 atom stereocenters. The van der Waals surface area contributed by atoms with Gasteiger partial charge in [-0.3, -0.25) is 0 Å². The molecule has 1 aromatic heterocycles. The first-order chi connectivity index (χ1) is 9.22. The lowest BCUT2D eigenvalue weighted by molar-refractivity contribution is 0.277. The van der Waals surface area contributed by atoms with E-state index in [4.69, 9.17) is 5.11 Å². The summed E-state index contributed by atoms with van der Waals surface area (Å²) in [5.74, 6) is 1.92.